The van der Waals surface area contributed by atoms with E-state index in [2.05, 4.69) is 10.2 Å². The molecule has 0 aromatic heterocycles. The van der Waals surface area contributed by atoms with Crippen LogP contribution in [0.5, 0.6) is 5.75 Å². The van der Waals surface area contributed by atoms with Gasteiger partial charge in [0, 0.05) is 0 Å². The molecule has 3 nitrogen and oxygen atoms in total. The molecule has 0 amide bonds. The van der Waals surface area contributed by atoms with Crippen molar-refractivity contribution in [3.05, 3.63) is 53.8 Å². The maximum atomic E-state index is 13.4. The zero-order chi connectivity index (χ0) is 14.8. The molecule has 0 fully saturated rings. The van der Waals surface area contributed by atoms with Crippen molar-refractivity contribution in [3.8, 4) is 5.75 Å². The highest BCUT2D eigenvalue weighted by molar-refractivity contribution is 5.44. The minimum Gasteiger partial charge on any atom is -0.508 e. The smallest absolute Gasteiger partial charge is 0.416 e. The molecule has 2 rings (SSSR count). The molecule has 0 aliphatic heterocycles. The summed E-state index contributed by atoms with van der Waals surface area (Å²) in [7, 11) is 0. The molecule has 0 saturated carbocycles. The summed E-state index contributed by atoms with van der Waals surface area (Å²) in [6.45, 7) is 0. The van der Waals surface area contributed by atoms with Crippen molar-refractivity contribution in [1.29, 1.82) is 0 Å². The Morgan fingerprint density at radius 3 is 2.15 bits per heavy atom. The monoisotopic (exact) mass is 284 g/mol. The van der Waals surface area contributed by atoms with Crippen LogP contribution in [0.15, 0.2) is 52.7 Å². The van der Waals surface area contributed by atoms with Gasteiger partial charge in [-0.1, -0.05) is 0 Å². The number of hydrogen-bond acceptors (Lipinski definition) is 3. The van der Waals surface area contributed by atoms with Crippen LogP contribution < -0.4 is 0 Å². The van der Waals surface area contributed by atoms with Crippen LogP contribution in [0.2, 0.25) is 0 Å². The number of halogens is 4. The summed E-state index contributed by atoms with van der Waals surface area (Å²) in [4.78, 5) is 0. The highest BCUT2D eigenvalue weighted by atomic mass is 19.4. The number of phenolic OH excluding ortho intramolecular Hbond substituents is 1. The van der Waals surface area contributed by atoms with Crippen LogP contribution in [0.1, 0.15) is 5.56 Å². The lowest BCUT2D eigenvalue weighted by molar-refractivity contribution is -0.137. The van der Waals surface area contributed by atoms with Crippen LogP contribution in [0.25, 0.3) is 0 Å². The van der Waals surface area contributed by atoms with E-state index in [0.29, 0.717) is 18.2 Å². The van der Waals surface area contributed by atoms with Crippen molar-refractivity contribution in [2.45, 2.75) is 6.18 Å². The van der Waals surface area contributed by atoms with E-state index < -0.39 is 23.2 Å². The van der Waals surface area contributed by atoms with E-state index in [0.717, 1.165) is 0 Å². The average molecular weight is 284 g/mol. The van der Waals surface area contributed by atoms with Gasteiger partial charge in [0.15, 0.2) is 5.82 Å². The standard InChI is InChI=1S/C13H8F4N2O/c14-11-6-1-8(13(15,16)17)7-12(11)19-18-9-2-4-10(20)5-3-9/h1-7,20H/b19-18+. The third-order valence-electron chi connectivity index (χ3n) is 2.40. The van der Waals surface area contributed by atoms with E-state index in [1.54, 1.807) is 0 Å². The lowest BCUT2D eigenvalue weighted by Crippen LogP contribution is -2.04. The number of hydrogen-bond donors (Lipinski definition) is 1. The van der Waals surface area contributed by atoms with Crippen molar-refractivity contribution in [2.75, 3.05) is 0 Å². The first-order valence-corrected chi connectivity index (χ1v) is 5.44. The van der Waals surface area contributed by atoms with Gasteiger partial charge in [-0.05, 0) is 42.5 Å². The van der Waals surface area contributed by atoms with Crippen LogP contribution in [0, 0.1) is 5.82 Å². The largest absolute Gasteiger partial charge is 0.508 e. The fourth-order valence-corrected chi connectivity index (χ4v) is 1.40. The van der Waals surface area contributed by atoms with Gasteiger partial charge in [-0.3, -0.25) is 0 Å². The van der Waals surface area contributed by atoms with Crippen molar-refractivity contribution in [2.24, 2.45) is 10.2 Å². The van der Waals surface area contributed by atoms with Gasteiger partial charge in [0.05, 0.1) is 11.3 Å². The van der Waals surface area contributed by atoms with Crippen LogP contribution in [-0.2, 0) is 6.18 Å². The molecule has 104 valence electrons. The third kappa shape index (κ3) is 3.31. The summed E-state index contributed by atoms with van der Waals surface area (Å²) in [5.41, 5.74) is -1.23. The topological polar surface area (TPSA) is 45.0 Å². The molecule has 0 radical (unpaired) electrons. The molecule has 0 saturated heterocycles. The molecular weight excluding hydrogens is 276 g/mol. The van der Waals surface area contributed by atoms with Gasteiger partial charge in [0.2, 0.25) is 0 Å². The quantitative estimate of drug-likeness (QED) is 0.614. The first-order chi connectivity index (χ1) is 9.36. The van der Waals surface area contributed by atoms with Crippen LogP contribution in [-0.4, -0.2) is 5.11 Å². The first-order valence-electron chi connectivity index (χ1n) is 5.44. The normalized spacial score (nSPS) is 12.0. The number of nitrogens with zero attached hydrogens (tertiary/aromatic N) is 2. The molecule has 0 aliphatic carbocycles. The van der Waals surface area contributed by atoms with E-state index >= 15 is 0 Å². The fraction of sp³-hybridized carbons (Fsp3) is 0.0769. The molecule has 1 N–H and O–H groups in total. The molecule has 20 heavy (non-hydrogen) atoms. The summed E-state index contributed by atoms with van der Waals surface area (Å²) in [6, 6.07) is 7.35. The lowest BCUT2D eigenvalue weighted by Gasteiger charge is -2.06. The summed E-state index contributed by atoms with van der Waals surface area (Å²) >= 11 is 0. The molecule has 0 bridgehead atoms. The Kier molecular flexibility index (Phi) is 3.69. The fourth-order valence-electron chi connectivity index (χ4n) is 1.40. The number of aromatic hydroxyl groups is 1. The minimum atomic E-state index is -4.57. The minimum absolute atomic E-state index is 0.00852. The predicted molar refractivity (Wildman–Crippen MR) is 63.7 cm³/mol. The second-order valence-electron chi connectivity index (χ2n) is 3.88. The Morgan fingerprint density at radius 2 is 1.55 bits per heavy atom. The Bertz CT molecular complexity index is 636. The van der Waals surface area contributed by atoms with Gasteiger partial charge >= 0.3 is 6.18 Å². The number of rotatable bonds is 2. The SMILES string of the molecule is Oc1ccc(/N=N/c2cc(C(F)(F)F)ccc2F)cc1. The maximum Gasteiger partial charge on any atom is 0.416 e. The van der Waals surface area contributed by atoms with Gasteiger partial charge < -0.3 is 5.11 Å². The van der Waals surface area contributed by atoms with Gasteiger partial charge in [-0.15, -0.1) is 5.11 Å². The van der Waals surface area contributed by atoms with Gasteiger partial charge in [-0.25, -0.2) is 4.39 Å². The molecule has 2 aromatic rings. The maximum absolute atomic E-state index is 13.4. The molecule has 0 unspecified atom stereocenters. The molecule has 0 atom stereocenters. The number of phenols is 1. The van der Waals surface area contributed by atoms with E-state index in [4.69, 9.17) is 5.11 Å². The number of benzene rings is 2. The van der Waals surface area contributed by atoms with E-state index in [9.17, 15) is 17.6 Å². The van der Waals surface area contributed by atoms with E-state index in [1.165, 1.54) is 24.3 Å². The van der Waals surface area contributed by atoms with Gasteiger partial charge in [-0.2, -0.15) is 18.3 Å². The van der Waals surface area contributed by atoms with Crippen molar-refractivity contribution >= 4 is 11.4 Å². The number of azo groups is 1. The van der Waals surface area contributed by atoms with Crippen LogP contribution in [0.3, 0.4) is 0 Å². The highest BCUT2D eigenvalue weighted by Gasteiger charge is 2.31. The zero-order valence-electron chi connectivity index (χ0n) is 9.89. The molecule has 2 aromatic carbocycles. The zero-order valence-corrected chi connectivity index (χ0v) is 9.89. The average Bonchev–Trinajstić information content (AvgIpc) is 2.38. The van der Waals surface area contributed by atoms with Gasteiger partial charge in [0.25, 0.3) is 0 Å². The number of alkyl halides is 3. The van der Waals surface area contributed by atoms with E-state index in [1.807, 2.05) is 0 Å². The van der Waals surface area contributed by atoms with E-state index in [-0.39, 0.29) is 11.4 Å². The summed E-state index contributed by atoms with van der Waals surface area (Å²) in [6.07, 6.45) is -4.57. The third-order valence-corrected chi connectivity index (χ3v) is 2.40. The molecule has 7 heteroatoms. The molecular formula is C13H8F4N2O. The summed E-state index contributed by atoms with van der Waals surface area (Å²) < 4.78 is 50.8. The molecule has 0 aliphatic rings. The van der Waals surface area contributed by atoms with Crippen molar-refractivity contribution in [3.63, 3.8) is 0 Å². The second kappa shape index (κ2) is 5.28. The van der Waals surface area contributed by atoms with Crippen molar-refractivity contribution in [1.82, 2.24) is 0 Å². The van der Waals surface area contributed by atoms with Gasteiger partial charge in [0.1, 0.15) is 11.4 Å². The first kappa shape index (κ1) is 14.0. The summed E-state index contributed by atoms with van der Waals surface area (Å²) in [5.74, 6) is -0.894. The lowest BCUT2D eigenvalue weighted by atomic mass is 10.2. The Hall–Kier alpha value is -2.44. The Balaban J connectivity index is 2.31. The molecule has 0 heterocycles. The van der Waals surface area contributed by atoms with Crippen LogP contribution >= 0.6 is 0 Å². The second-order valence-corrected chi connectivity index (χ2v) is 3.88. The molecule has 0 spiro atoms. The summed E-state index contributed by atoms with van der Waals surface area (Å²) in [5, 5.41) is 16.1. The predicted octanol–water partition coefficient (Wildman–Crippen LogP) is 4.97. The van der Waals surface area contributed by atoms with Crippen LogP contribution in [0.4, 0.5) is 28.9 Å². The van der Waals surface area contributed by atoms with Crippen molar-refractivity contribution < 1.29 is 22.7 Å². The highest BCUT2D eigenvalue weighted by Crippen LogP contribution is 2.33. The Morgan fingerprint density at radius 1 is 0.900 bits per heavy atom. The Labute approximate surface area is 111 Å².